The molecule has 0 aliphatic heterocycles. The molecule has 0 heterocycles. The van der Waals surface area contributed by atoms with Crippen LogP contribution in [0.15, 0.2) is 47.4 Å². The third kappa shape index (κ3) is 3.37. The summed E-state index contributed by atoms with van der Waals surface area (Å²) in [6.07, 6.45) is 1.18. The summed E-state index contributed by atoms with van der Waals surface area (Å²) in [7, 11) is -3.18. The monoisotopic (exact) mass is 291 g/mol. The number of ether oxygens (including phenoxy) is 1. The number of rotatable bonds is 4. The Kier molecular flexibility index (Phi) is 4.11. The summed E-state index contributed by atoms with van der Waals surface area (Å²) < 4.78 is 28.5. The predicted molar refractivity (Wildman–Crippen MR) is 78.7 cm³/mol. The maximum atomic E-state index is 11.4. The molecule has 2 aromatic rings. The van der Waals surface area contributed by atoms with Gasteiger partial charge < -0.3 is 10.5 Å². The highest BCUT2D eigenvalue weighted by molar-refractivity contribution is 7.90. The summed E-state index contributed by atoms with van der Waals surface area (Å²) in [5, 5.41) is 0. The minimum Gasteiger partial charge on any atom is -0.457 e. The fraction of sp³-hybridized carbons (Fsp3) is 0.200. The van der Waals surface area contributed by atoms with Crippen molar-refractivity contribution in [3.8, 4) is 11.5 Å². The first-order valence-electron chi connectivity index (χ1n) is 6.18. The molecule has 2 rings (SSSR count). The lowest BCUT2D eigenvalue weighted by molar-refractivity contribution is 0.478. The SMILES string of the molecule is Cc1cc(CN)ccc1Oc1ccc(S(C)(=O)=O)cc1. The molecule has 0 aliphatic rings. The average Bonchev–Trinajstić information content (AvgIpc) is 2.40. The van der Waals surface area contributed by atoms with Crippen LogP contribution in [0.3, 0.4) is 0 Å². The van der Waals surface area contributed by atoms with E-state index in [0.29, 0.717) is 12.3 Å². The van der Waals surface area contributed by atoms with Crippen LogP contribution in [-0.2, 0) is 16.4 Å². The second kappa shape index (κ2) is 5.64. The fourth-order valence-electron chi connectivity index (χ4n) is 1.83. The highest BCUT2D eigenvalue weighted by atomic mass is 32.2. The van der Waals surface area contributed by atoms with Crippen LogP contribution in [0.2, 0.25) is 0 Å². The maximum absolute atomic E-state index is 11.4. The first kappa shape index (κ1) is 14.6. The quantitative estimate of drug-likeness (QED) is 0.940. The summed E-state index contributed by atoms with van der Waals surface area (Å²) in [5.41, 5.74) is 7.61. The van der Waals surface area contributed by atoms with E-state index >= 15 is 0 Å². The van der Waals surface area contributed by atoms with Gasteiger partial charge in [-0.15, -0.1) is 0 Å². The Hall–Kier alpha value is -1.85. The summed E-state index contributed by atoms with van der Waals surface area (Å²) in [6.45, 7) is 2.43. The first-order valence-corrected chi connectivity index (χ1v) is 8.07. The van der Waals surface area contributed by atoms with E-state index < -0.39 is 9.84 Å². The molecular weight excluding hydrogens is 274 g/mol. The zero-order valence-corrected chi connectivity index (χ0v) is 12.3. The molecular formula is C15H17NO3S. The molecule has 0 unspecified atom stereocenters. The van der Waals surface area contributed by atoms with Gasteiger partial charge in [-0.3, -0.25) is 0 Å². The van der Waals surface area contributed by atoms with Crippen molar-refractivity contribution in [1.29, 1.82) is 0 Å². The third-order valence-electron chi connectivity index (χ3n) is 2.95. The van der Waals surface area contributed by atoms with Crippen molar-refractivity contribution in [1.82, 2.24) is 0 Å². The van der Waals surface area contributed by atoms with Crippen LogP contribution in [0, 0.1) is 6.92 Å². The van der Waals surface area contributed by atoms with E-state index in [-0.39, 0.29) is 4.90 Å². The van der Waals surface area contributed by atoms with Crippen molar-refractivity contribution in [3.05, 3.63) is 53.6 Å². The van der Waals surface area contributed by atoms with Gasteiger partial charge in [-0.25, -0.2) is 8.42 Å². The van der Waals surface area contributed by atoms with Crippen LogP contribution in [0.5, 0.6) is 11.5 Å². The van der Waals surface area contributed by atoms with Gasteiger partial charge in [0.25, 0.3) is 0 Å². The Bertz CT molecular complexity index is 706. The zero-order valence-electron chi connectivity index (χ0n) is 11.5. The van der Waals surface area contributed by atoms with Crippen LogP contribution in [-0.4, -0.2) is 14.7 Å². The smallest absolute Gasteiger partial charge is 0.175 e. The molecule has 0 atom stereocenters. The van der Waals surface area contributed by atoms with Crippen molar-refractivity contribution in [2.45, 2.75) is 18.4 Å². The lowest BCUT2D eigenvalue weighted by atomic mass is 10.1. The average molecular weight is 291 g/mol. The Morgan fingerprint density at radius 1 is 1.10 bits per heavy atom. The number of benzene rings is 2. The molecule has 4 nitrogen and oxygen atoms in total. The van der Waals surface area contributed by atoms with E-state index in [2.05, 4.69) is 0 Å². The summed E-state index contributed by atoms with van der Waals surface area (Å²) in [4.78, 5) is 0.278. The number of aryl methyl sites for hydroxylation is 1. The van der Waals surface area contributed by atoms with Crippen LogP contribution >= 0.6 is 0 Å². The van der Waals surface area contributed by atoms with Crippen LogP contribution < -0.4 is 10.5 Å². The van der Waals surface area contributed by atoms with Gasteiger partial charge >= 0.3 is 0 Å². The Labute approximate surface area is 119 Å². The van der Waals surface area contributed by atoms with Gasteiger partial charge in [-0.2, -0.15) is 0 Å². The van der Waals surface area contributed by atoms with Gasteiger partial charge in [0.15, 0.2) is 9.84 Å². The Morgan fingerprint density at radius 3 is 2.25 bits per heavy atom. The Morgan fingerprint density at radius 2 is 1.75 bits per heavy atom. The van der Waals surface area contributed by atoms with E-state index in [9.17, 15) is 8.42 Å². The molecule has 0 spiro atoms. The molecule has 0 radical (unpaired) electrons. The van der Waals surface area contributed by atoms with E-state index in [1.807, 2.05) is 25.1 Å². The van der Waals surface area contributed by atoms with Crippen LogP contribution in [0.4, 0.5) is 0 Å². The number of nitrogens with two attached hydrogens (primary N) is 1. The van der Waals surface area contributed by atoms with E-state index in [0.717, 1.165) is 16.9 Å². The lowest BCUT2D eigenvalue weighted by Gasteiger charge is -2.10. The van der Waals surface area contributed by atoms with Crippen LogP contribution in [0.1, 0.15) is 11.1 Å². The van der Waals surface area contributed by atoms with Gasteiger partial charge in [0.1, 0.15) is 11.5 Å². The molecule has 20 heavy (non-hydrogen) atoms. The predicted octanol–water partition coefficient (Wildman–Crippen LogP) is 2.65. The molecule has 0 aliphatic carbocycles. The molecule has 0 amide bonds. The molecule has 2 aromatic carbocycles. The lowest BCUT2D eigenvalue weighted by Crippen LogP contribution is -1.98. The normalized spacial score (nSPS) is 11.3. The molecule has 0 bridgehead atoms. The highest BCUT2D eigenvalue weighted by Gasteiger charge is 2.07. The standard InChI is InChI=1S/C15H17NO3S/c1-11-9-12(10-16)3-8-15(11)19-13-4-6-14(7-5-13)20(2,17)18/h3-9H,10,16H2,1-2H3. The van der Waals surface area contributed by atoms with Gasteiger partial charge in [-0.05, 0) is 48.4 Å². The molecule has 0 aromatic heterocycles. The molecule has 0 saturated heterocycles. The molecule has 106 valence electrons. The molecule has 0 fully saturated rings. The van der Waals surface area contributed by atoms with Crippen molar-refractivity contribution >= 4 is 9.84 Å². The molecule has 2 N–H and O–H groups in total. The van der Waals surface area contributed by atoms with Crippen molar-refractivity contribution < 1.29 is 13.2 Å². The summed E-state index contributed by atoms with van der Waals surface area (Å²) in [6, 6.07) is 12.1. The topological polar surface area (TPSA) is 69.4 Å². The van der Waals surface area contributed by atoms with Crippen LogP contribution in [0.25, 0.3) is 0 Å². The molecule has 5 heteroatoms. The Balaban J connectivity index is 2.22. The highest BCUT2D eigenvalue weighted by Crippen LogP contribution is 2.26. The van der Waals surface area contributed by atoms with Gasteiger partial charge in [0, 0.05) is 12.8 Å². The fourth-order valence-corrected chi connectivity index (χ4v) is 2.47. The third-order valence-corrected chi connectivity index (χ3v) is 4.08. The van der Waals surface area contributed by atoms with Gasteiger partial charge in [0.05, 0.1) is 4.90 Å². The number of hydrogen-bond acceptors (Lipinski definition) is 4. The minimum absolute atomic E-state index is 0.278. The van der Waals surface area contributed by atoms with Gasteiger partial charge in [0.2, 0.25) is 0 Å². The minimum atomic E-state index is -3.18. The second-order valence-corrected chi connectivity index (χ2v) is 6.67. The largest absolute Gasteiger partial charge is 0.457 e. The van der Waals surface area contributed by atoms with Crippen molar-refractivity contribution in [2.24, 2.45) is 5.73 Å². The zero-order chi connectivity index (χ0) is 14.8. The number of sulfone groups is 1. The van der Waals surface area contributed by atoms with E-state index in [1.165, 1.54) is 18.4 Å². The van der Waals surface area contributed by atoms with Crippen molar-refractivity contribution in [3.63, 3.8) is 0 Å². The maximum Gasteiger partial charge on any atom is 0.175 e. The molecule has 0 saturated carbocycles. The summed E-state index contributed by atoms with van der Waals surface area (Å²) >= 11 is 0. The number of hydrogen-bond donors (Lipinski definition) is 1. The van der Waals surface area contributed by atoms with E-state index in [4.69, 9.17) is 10.5 Å². The first-order chi connectivity index (χ1) is 9.40. The summed E-state index contributed by atoms with van der Waals surface area (Å²) in [5.74, 6) is 1.33. The van der Waals surface area contributed by atoms with E-state index in [1.54, 1.807) is 12.1 Å². The van der Waals surface area contributed by atoms with Crippen molar-refractivity contribution in [2.75, 3.05) is 6.26 Å². The second-order valence-electron chi connectivity index (χ2n) is 4.65. The van der Waals surface area contributed by atoms with Gasteiger partial charge in [-0.1, -0.05) is 12.1 Å².